The van der Waals surface area contributed by atoms with Gasteiger partial charge in [0.15, 0.2) is 10.6 Å². The zero-order valence-electron chi connectivity index (χ0n) is 13.8. The number of rotatable bonds is 3. The van der Waals surface area contributed by atoms with Crippen molar-refractivity contribution in [3.8, 4) is 0 Å². The monoisotopic (exact) mass is 368 g/mol. The van der Waals surface area contributed by atoms with Gasteiger partial charge in [0.05, 0.1) is 17.3 Å². The number of carbonyl (C=O) groups excluding carboxylic acids is 2. The van der Waals surface area contributed by atoms with Gasteiger partial charge in [-0.05, 0) is 18.9 Å². The van der Waals surface area contributed by atoms with Gasteiger partial charge in [0.1, 0.15) is 12.4 Å². The third kappa shape index (κ3) is 3.78. The highest BCUT2D eigenvalue weighted by Gasteiger charge is 2.22. The number of esters is 1. The summed E-state index contributed by atoms with van der Waals surface area (Å²) in [7, 11) is 1.22. The van der Waals surface area contributed by atoms with E-state index >= 15 is 0 Å². The van der Waals surface area contributed by atoms with Gasteiger partial charge in [-0.25, -0.2) is 8.78 Å². The predicted octanol–water partition coefficient (Wildman–Crippen LogP) is 3.16. The Hall–Kier alpha value is -2.09. The molecule has 1 amide bonds. The van der Waals surface area contributed by atoms with E-state index in [9.17, 15) is 18.4 Å². The minimum atomic E-state index is -0.804. The van der Waals surface area contributed by atoms with E-state index in [-0.39, 0.29) is 33.4 Å². The van der Waals surface area contributed by atoms with Crippen LogP contribution in [0.25, 0.3) is 10.2 Å². The van der Waals surface area contributed by atoms with Crippen LogP contribution < -0.4 is 4.80 Å². The summed E-state index contributed by atoms with van der Waals surface area (Å²) in [6, 6.07) is 1.91. The number of thiazole rings is 1. The molecule has 0 unspecified atom stereocenters. The lowest BCUT2D eigenvalue weighted by Gasteiger charge is -2.17. The van der Waals surface area contributed by atoms with E-state index in [1.807, 2.05) is 0 Å². The molecule has 1 saturated carbocycles. The molecular formula is C17H18F2N2O3S. The highest BCUT2D eigenvalue weighted by atomic mass is 32.1. The second-order valence-electron chi connectivity index (χ2n) is 6.07. The molecule has 1 heterocycles. The first-order valence-corrected chi connectivity index (χ1v) is 8.95. The molecule has 0 saturated heterocycles. The maximum Gasteiger partial charge on any atom is 0.325 e. The van der Waals surface area contributed by atoms with Gasteiger partial charge in [-0.2, -0.15) is 4.99 Å². The maximum absolute atomic E-state index is 14.2. The first-order valence-electron chi connectivity index (χ1n) is 8.13. The predicted molar refractivity (Wildman–Crippen MR) is 88.9 cm³/mol. The molecule has 0 aliphatic heterocycles. The second kappa shape index (κ2) is 7.43. The average Bonchev–Trinajstić information content (AvgIpc) is 2.92. The number of ether oxygens (including phenoxy) is 1. The van der Waals surface area contributed by atoms with Crippen LogP contribution in [0.1, 0.15) is 32.1 Å². The molecule has 0 N–H and O–H groups in total. The van der Waals surface area contributed by atoms with Crippen molar-refractivity contribution in [3.63, 3.8) is 0 Å². The fourth-order valence-electron chi connectivity index (χ4n) is 3.09. The number of methoxy groups -OCH3 is 1. The lowest BCUT2D eigenvalue weighted by Crippen LogP contribution is -2.25. The van der Waals surface area contributed by atoms with Crippen molar-refractivity contribution >= 4 is 33.4 Å². The van der Waals surface area contributed by atoms with Crippen molar-refractivity contribution in [2.75, 3.05) is 7.11 Å². The van der Waals surface area contributed by atoms with Crippen molar-refractivity contribution in [1.29, 1.82) is 0 Å². The number of hydrogen-bond acceptors (Lipinski definition) is 4. The Kier molecular flexibility index (Phi) is 5.27. The van der Waals surface area contributed by atoms with Gasteiger partial charge >= 0.3 is 5.97 Å². The maximum atomic E-state index is 14.2. The number of carbonyl (C=O) groups is 2. The summed E-state index contributed by atoms with van der Waals surface area (Å²) >= 11 is 0.985. The molecule has 3 rings (SSSR count). The van der Waals surface area contributed by atoms with Gasteiger partial charge in [0.25, 0.3) is 5.91 Å². The molecule has 134 valence electrons. The van der Waals surface area contributed by atoms with Gasteiger partial charge in [-0.1, -0.05) is 30.6 Å². The molecule has 1 aromatic heterocycles. The molecule has 1 aliphatic rings. The molecule has 0 spiro atoms. The third-order valence-corrected chi connectivity index (χ3v) is 5.40. The largest absolute Gasteiger partial charge is 0.468 e. The molecule has 1 aromatic carbocycles. The molecule has 1 fully saturated rings. The molecule has 8 heteroatoms. The van der Waals surface area contributed by atoms with E-state index in [4.69, 9.17) is 0 Å². The zero-order valence-corrected chi connectivity index (χ0v) is 14.6. The third-order valence-electron chi connectivity index (χ3n) is 4.37. The quantitative estimate of drug-likeness (QED) is 0.782. The van der Waals surface area contributed by atoms with Crippen molar-refractivity contribution in [1.82, 2.24) is 4.57 Å². The topological polar surface area (TPSA) is 60.7 Å². The van der Waals surface area contributed by atoms with Crippen LogP contribution in [0, 0.1) is 17.6 Å². The van der Waals surface area contributed by atoms with E-state index in [1.54, 1.807) is 0 Å². The summed E-state index contributed by atoms with van der Waals surface area (Å²) < 4.78 is 33.9. The van der Waals surface area contributed by atoms with Gasteiger partial charge in [-0.15, -0.1) is 0 Å². The highest BCUT2D eigenvalue weighted by Crippen LogP contribution is 2.25. The Morgan fingerprint density at radius 2 is 2.00 bits per heavy atom. The number of halogens is 2. The minimum Gasteiger partial charge on any atom is -0.468 e. The summed E-state index contributed by atoms with van der Waals surface area (Å²) in [6.07, 6.45) is 4.65. The van der Waals surface area contributed by atoms with Gasteiger partial charge < -0.3 is 9.30 Å². The molecule has 0 atom stereocenters. The number of amides is 1. The average molecular weight is 368 g/mol. The van der Waals surface area contributed by atoms with E-state index < -0.39 is 17.6 Å². The van der Waals surface area contributed by atoms with Crippen LogP contribution in [-0.4, -0.2) is 23.6 Å². The molecule has 0 bridgehead atoms. The van der Waals surface area contributed by atoms with Crippen LogP contribution >= 0.6 is 11.3 Å². The number of nitrogens with zero attached hydrogens (tertiary/aromatic N) is 2. The van der Waals surface area contributed by atoms with Gasteiger partial charge in [0.2, 0.25) is 0 Å². The van der Waals surface area contributed by atoms with E-state index in [2.05, 4.69) is 9.73 Å². The van der Waals surface area contributed by atoms with Crippen LogP contribution in [0.3, 0.4) is 0 Å². The van der Waals surface area contributed by atoms with Gasteiger partial charge in [-0.3, -0.25) is 9.59 Å². The normalized spacial score (nSPS) is 16.4. The highest BCUT2D eigenvalue weighted by molar-refractivity contribution is 7.16. The first kappa shape index (κ1) is 17.7. The Labute approximate surface area is 146 Å². The molecule has 25 heavy (non-hydrogen) atoms. The fourth-order valence-corrected chi connectivity index (χ4v) is 4.16. The Morgan fingerprint density at radius 1 is 1.28 bits per heavy atom. The summed E-state index contributed by atoms with van der Waals surface area (Å²) in [5, 5.41) is 0. The van der Waals surface area contributed by atoms with Crippen LogP contribution in [0.5, 0.6) is 0 Å². The van der Waals surface area contributed by atoms with Gasteiger partial charge in [0, 0.05) is 12.0 Å². The SMILES string of the molecule is COC(=O)Cn1c(=NC(=O)C2CCCCC2)sc2cc(F)cc(F)c21. The fraction of sp³-hybridized carbons (Fsp3) is 0.471. The standard InChI is InChI=1S/C17H18F2N2O3S/c1-24-14(22)9-21-15-12(19)7-11(18)8-13(15)25-17(21)20-16(23)10-5-3-2-4-6-10/h7-8,10H,2-6,9H2,1H3. The summed E-state index contributed by atoms with van der Waals surface area (Å²) in [5.41, 5.74) is 0.0481. The molecular weight excluding hydrogens is 350 g/mol. The molecule has 5 nitrogen and oxygen atoms in total. The number of aromatic nitrogens is 1. The molecule has 1 aliphatic carbocycles. The first-order chi connectivity index (χ1) is 12.0. The summed E-state index contributed by atoms with van der Waals surface area (Å²) in [6.45, 7) is -0.296. The Morgan fingerprint density at radius 3 is 2.68 bits per heavy atom. The molecule has 2 aromatic rings. The van der Waals surface area contributed by atoms with Crippen LogP contribution in [0.15, 0.2) is 17.1 Å². The Balaban J connectivity index is 2.10. The Bertz CT molecular complexity index is 882. The van der Waals surface area contributed by atoms with Crippen molar-refractivity contribution < 1.29 is 23.1 Å². The van der Waals surface area contributed by atoms with Crippen molar-refractivity contribution in [2.45, 2.75) is 38.6 Å². The zero-order chi connectivity index (χ0) is 18.0. The van der Waals surface area contributed by atoms with Crippen molar-refractivity contribution in [3.05, 3.63) is 28.6 Å². The van der Waals surface area contributed by atoms with Crippen LogP contribution in [0.4, 0.5) is 8.78 Å². The van der Waals surface area contributed by atoms with Crippen LogP contribution in [0.2, 0.25) is 0 Å². The number of benzene rings is 1. The van der Waals surface area contributed by atoms with Crippen LogP contribution in [-0.2, 0) is 20.9 Å². The van der Waals surface area contributed by atoms with E-state index in [0.29, 0.717) is 0 Å². The second-order valence-corrected chi connectivity index (χ2v) is 7.08. The summed E-state index contributed by atoms with van der Waals surface area (Å²) in [4.78, 5) is 28.4. The lowest BCUT2D eigenvalue weighted by atomic mass is 9.89. The number of hydrogen-bond donors (Lipinski definition) is 0. The van der Waals surface area contributed by atoms with E-state index in [1.165, 1.54) is 17.7 Å². The smallest absolute Gasteiger partial charge is 0.325 e. The van der Waals surface area contributed by atoms with E-state index in [0.717, 1.165) is 49.5 Å². The summed E-state index contributed by atoms with van der Waals surface area (Å²) in [5.74, 6) is -2.55. The molecule has 0 radical (unpaired) electrons. The van der Waals surface area contributed by atoms with Crippen molar-refractivity contribution in [2.24, 2.45) is 10.9 Å². The minimum absolute atomic E-state index is 0.0481. The number of fused-ring (bicyclic) bond motifs is 1. The lowest BCUT2D eigenvalue weighted by molar-refractivity contribution is -0.141.